The lowest BCUT2D eigenvalue weighted by Gasteiger charge is -2.21. The molecule has 1 atom stereocenters. The fraction of sp³-hybridized carbons (Fsp3) is 0.312. The van der Waals surface area contributed by atoms with Crippen LogP contribution in [0, 0.1) is 0 Å². The van der Waals surface area contributed by atoms with Crippen LogP contribution in [0.4, 0.5) is 5.69 Å². The van der Waals surface area contributed by atoms with Crippen molar-refractivity contribution >= 4 is 33.7 Å². The number of fused-ring (bicyclic) bond motifs is 1. The largest absolute Gasteiger partial charge is 0.389 e. The first-order chi connectivity index (χ1) is 9.50. The summed E-state index contributed by atoms with van der Waals surface area (Å²) in [4.78, 5) is 2.63. The van der Waals surface area contributed by atoms with Gasteiger partial charge in [0.1, 0.15) is 4.99 Å². The highest BCUT2D eigenvalue weighted by molar-refractivity contribution is 7.80. The maximum absolute atomic E-state index is 5.80. The smallest absolute Gasteiger partial charge is 0.104 e. The third kappa shape index (κ3) is 3.08. The van der Waals surface area contributed by atoms with E-state index in [9.17, 15) is 0 Å². The van der Waals surface area contributed by atoms with Crippen molar-refractivity contribution in [3.8, 4) is 0 Å². The van der Waals surface area contributed by atoms with Gasteiger partial charge < -0.3 is 16.0 Å². The van der Waals surface area contributed by atoms with Crippen molar-refractivity contribution < 1.29 is 0 Å². The molecule has 0 aliphatic rings. The van der Waals surface area contributed by atoms with E-state index in [0.717, 1.165) is 28.6 Å². The maximum Gasteiger partial charge on any atom is 0.104 e. The molecular weight excluding hydrogens is 266 g/mol. The number of nitrogens with one attached hydrogen (secondary N) is 1. The Morgan fingerprint density at radius 2 is 1.85 bits per heavy atom. The number of thiocarbonyl (C=S) groups is 1. The van der Waals surface area contributed by atoms with Gasteiger partial charge in [0, 0.05) is 29.2 Å². The number of nitrogens with zero attached hydrogens (tertiary/aromatic N) is 1. The number of nitrogens with two attached hydrogens (primary N) is 1. The van der Waals surface area contributed by atoms with Crippen LogP contribution in [0.1, 0.15) is 12.5 Å². The molecule has 4 heteroatoms. The summed E-state index contributed by atoms with van der Waals surface area (Å²) in [6.07, 6.45) is 0. The zero-order valence-electron chi connectivity index (χ0n) is 12.2. The van der Waals surface area contributed by atoms with Crippen LogP contribution in [-0.4, -0.2) is 36.6 Å². The van der Waals surface area contributed by atoms with E-state index in [1.807, 2.05) is 18.2 Å². The molecule has 3 nitrogen and oxygen atoms in total. The minimum atomic E-state index is 0.439. The van der Waals surface area contributed by atoms with Crippen molar-refractivity contribution in [2.45, 2.75) is 13.0 Å². The lowest BCUT2D eigenvalue weighted by Crippen LogP contribution is -2.31. The summed E-state index contributed by atoms with van der Waals surface area (Å²) in [5, 5.41) is 5.76. The topological polar surface area (TPSA) is 41.3 Å². The van der Waals surface area contributed by atoms with Crippen LogP contribution in [0.25, 0.3) is 10.8 Å². The van der Waals surface area contributed by atoms with E-state index in [2.05, 4.69) is 49.4 Å². The van der Waals surface area contributed by atoms with Gasteiger partial charge >= 0.3 is 0 Å². The van der Waals surface area contributed by atoms with Crippen molar-refractivity contribution in [2.24, 2.45) is 5.73 Å². The summed E-state index contributed by atoms with van der Waals surface area (Å²) in [6, 6.07) is 12.7. The number of hydrogen-bond acceptors (Lipinski definition) is 3. The van der Waals surface area contributed by atoms with Gasteiger partial charge in [-0.05, 0) is 38.5 Å². The van der Waals surface area contributed by atoms with Crippen LogP contribution in [0.5, 0.6) is 0 Å². The Kier molecular flexibility index (Phi) is 4.57. The van der Waals surface area contributed by atoms with Gasteiger partial charge in [-0.3, -0.25) is 0 Å². The van der Waals surface area contributed by atoms with Crippen molar-refractivity contribution in [2.75, 3.05) is 26.0 Å². The summed E-state index contributed by atoms with van der Waals surface area (Å²) in [7, 11) is 4.17. The van der Waals surface area contributed by atoms with Crippen LogP contribution in [0.15, 0.2) is 36.4 Å². The molecule has 20 heavy (non-hydrogen) atoms. The van der Waals surface area contributed by atoms with E-state index in [1.165, 1.54) is 0 Å². The fourth-order valence-corrected chi connectivity index (χ4v) is 2.29. The van der Waals surface area contributed by atoms with Gasteiger partial charge in [0.15, 0.2) is 0 Å². The second-order valence-electron chi connectivity index (χ2n) is 5.26. The molecule has 0 fully saturated rings. The molecule has 0 saturated carbocycles. The minimum absolute atomic E-state index is 0.439. The van der Waals surface area contributed by atoms with E-state index >= 15 is 0 Å². The quantitative estimate of drug-likeness (QED) is 0.830. The lowest BCUT2D eigenvalue weighted by molar-refractivity contribution is 0.326. The fourth-order valence-electron chi connectivity index (χ4n) is 2.11. The zero-order chi connectivity index (χ0) is 14.7. The first-order valence-electron chi connectivity index (χ1n) is 6.72. The average Bonchev–Trinajstić information content (AvgIpc) is 2.43. The van der Waals surface area contributed by atoms with E-state index in [-0.39, 0.29) is 0 Å². The Morgan fingerprint density at radius 3 is 2.45 bits per heavy atom. The van der Waals surface area contributed by atoms with Crippen molar-refractivity contribution in [1.82, 2.24) is 4.90 Å². The third-order valence-electron chi connectivity index (χ3n) is 3.66. The normalized spacial score (nSPS) is 12.6. The molecule has 0 aliphatic carbocycles. The SMILES string of the molecule is CC(CNc1ccc(C(N)=S)c2ccccc12)N(C)C. The molecule has 2 aromatic carbocycles. The Balaban J connectivity index is 2.36. The zero-order valence-corrected chi connectivity index (χ0v) is 13.0. The highest BCUT2D eigenvalue weighted by Crippen LogP contribution is 2.26. The molecule has 0 radical (unpaired) electrons. The molecule has 0 bridgehead atoms. The number of hydrogen-bond donors (Lipinski definition) is 2. The molecule has 2 rings (SSSR count). The van der Waals surface area contributed by atoms with E-state index in [0.29, 0.717) is 11.0 Å². The van der Waals surface area contributed by atoms with Crippen LogP contribution < -0.4 is 11.1 Å². The molecule has 0 aromatic heterocycles. The predicted molar refractivity (Wildman–Crippen MR) is 91.5 cm³/mol. The average molecular weight is 287 g/mol. The first-order valence-corrected chi connectivity index (χ1v) is 7.13. The van der Waals surface area contributed by atoms with E-state index in [1.54, 1.807) is 0 Å². The highest BCUT2D eigenvalue weighted by Gasteiger charge is 2.09. The van der Waals surface area contributed by atoms with Gasteiger partial charge in [-0.2, -0.15) is 0 Å². The number of likely N-dealkylation sites (N-methyl/N-ethyl adjacent to an activating group) is 1. The van der Waals surface area contributed by atoms with Crippen LogP contribution in [0.2, 0.25) is 0 Å². The van der Waals surface area contributed by atoms with Crippen LogP contribution >= 0.6 is 12.2 Å². The van der Waals surface area contributed by atoms with Crippen molar-refractivity contribution in [3.63, 3.8) is 0 Å². The standard InChI is InChI=1S/C16H21N3S/c1-11(19(2)3)10-18-15-9-8-14(16(17)20)12-6-4-5-7-13(12)15/h4-9,11,18H,10H2,1-3H3,(H2,17,20). The van der Waals surface area contributed by atoms with E-state index in [4.69, 9.17) is 18.0 Å². The molecule has 0 amide bonds. The van der Waals surface area contributed by atoms with Gasteiger partial charge in [0.05, 0.1) is 0 Å². The summed E-state index contributed by atoms with van der Waals surface area (Å²) in [6.45, 7) is 3.09. The maximum atomic E-state index is 5.80. The number of rotatable bonds is 5. The summed E-state index contributed by atoms with van der Waals surface area (Å²) >= 11 is 5.12. The summed E-state index contributed by atoms with van der Waals surface area (Å²) in [5.74, 6) is 0. The molecule has 0 saturated heterocycles. The highest BCUT2D eigenvalue weighted by atomic mass is 32.1. The van der Waals surface area contributed by atoms with Gasteiger partial charge in [-0.1, -0.05) is 36.5 Å². The molecular formula is C16H21N3S. The molecule has 1 unspecified atom stereocenters. The van der Waals surface area contributed by atoms with Crippen LogP contribution in [0.3, 0.4) is 0 Å². The second-order valence-corrected chi connectivity index (χ2v) is 5.70. The third-order valence-corrected chi connectivity index (χ3v) is 3.88. The van der Waals surface area contributed by atoms with Gasteiger partial charge in [-0.15, -0.1) is 0 Å². The summed E-state index contributed by atoms with van der Waals surface area (Å²) in [5.41, 5.74) is 7.85. The molecule has 0 heterocycles. The van der Waals surface area contributed by atoms with Gasteiger partial charge in [0.25, 0.3) is 0 Å². The van der Waals surface area contributed by atoms with Crippen molar-refractivity contribution in [1.29, 1.82) is 0 Å². The Hall–Kier alpha value is -1.65. The minimum Gasteiger partial charge on any atom is -0.389 e. The lowest BCUT2D eigenvalue weighted by atomic mass is 10.0. The van der Waals surface area contributed by atoms with Crippen molar-refractivity contribution in [3.05, 3.63) is 42.0 Å². The van der Waals surface area contributed by atoms with Gasteiger partial charge in [0.2, 0.25) is 0 Å². The Bertz CT molecular complexity index is 622. The van der Waals surface area contributed by atoms with Gasteiger partial charge in [-0.25, -0.2) is 0 Å². The first kappa shape index (κ1) is 14.8. The summed E-state index contributed by atoms with van der Waals surface area (Å²) < 4.78 is 0. The van der Waals surface area contributed by atoms with Crippen LogP contribution in [-0.2, 0) is 0 Å². The molecule has 0 aliphatic heterocycles. The molecule has 0 spiro atoms. The predicted octanol–water partition coefficient (Wildman–Crippen LogP) is 2.84. The Labute approximate surface area is 125 Å². The van der Waals surface area contributed by atoms with E-state index < -0.39 is 0 Å². The molecule has 2 aromatic rings. The monoisotopic (exact) mass is 287 g/mol. The Morgan fingerprint density at radius 1 is 1.20 bits per heavy atom. The number of benzene rings is 2. The second kappa shape index (κ2) is 6.20. The number of anilines is 1. The molecule has 3 N–H and O–H groups in total. The molecule has 106 valence electrons.